The van der Waals surface area contributed by atoms with Crippen LogP contribution in [-0.2, 0) is 6.61 Å². The predicted octanol–water partition coefficient (Wildman–Crippen LogP) is 5.02. The molecule has 154 valence electrons. The van der Waals surface area contributed by atoms with Crippen molar-refractivity contribution in [3.63, 3.8) is 0 Å². The molecule has 0 bridgehead atoms. The number of pyridine rings is 1. The van der Waals surface area contributed by atoms with Gasteiger partial charge in [0.1, 0.15) is 6.61 Å². The first-order valence-electron chi connectivity index (χ1n) is 9.10. The minimum Gasteiger partial charge on any atom is -0.490 e. The smallest absolute Gasteiger partial charge is 0.313 e. The molecule has 0 radical (unpaired) electrons. The Labute approximate surface area is 187 Å². The second kappa shape index (κ2) is 10.5. The van der Waals surface area contributed by atoms with Crippen molar-refractivity contribution in [2.24, 2.45) is 5.10 Å². The lowest BCUT2D eigenvalue weighted by Crippen LogP contribution is -2.03. The maximum absolute atomic E-state index is 11.1. The standard InChI is InChI=1S/C21H19IN4O4/c1-2-29-19-12-16(13-24-25-21-18(26(27)28)9-6-10-23-21)11-17(22)20(19)30-14-15-7-4-3-5-8-15/h3-13H,2,14H2,1H3,(H,23,25)/b24-13-. The van der Waals surface area contributed by atoms with Crippen LogP contribution in [0, 0.1) is 13.7 Å². The molecule has 0 spiro atoms. The van der Waals surface area contributed by atoms with Crippen LogP contribution >= 0.6 is 22.6 Å². The highest BCUT2D eigenvalue weighted by Gasteiger charge is 2.14. The Bertz CT molecular complexity index is 1040. The molecule has 0 fully saturated rings. The second-order valence-electron chi connectivity index (χ2n) is 6.04. The van der Waals surface area contributed by atoms with Gasteiger partial charge in [-0.05, 0) is 58.8 Å². The van der Waals surface area contributed by atoms with E-state index in [9.17, 15) is 10.1 Å². The molecule has 0 aliphatic heterocycles. The number of rotatable bonds is 9. The van der Waals surface area contributed by atoms with Crippen molar-refractivity contribution in [2.75, 3.05) is 12.0 Å². The Hall–Kier alpha value is -3.21. The van der Waals surface area contributed by atoms with E-state index in [1.165, 1.54) is 18.3 Å². The molecule has 30 heavy (non-hydrogen) atoms. The topological polar surface area (TPSA) is 98.9 Å². The van der Waals surface area contributed by atoms with Crippen LogP contribution in [0.1, 0.15) is 18.1 Å². The lowest BCUT2D eigenvalue weighted by atomic mass is 10.2. The molecule has 3 rings (SSSR count). The summed E-state index contributed by atoms with van der Waals surface area (Å²) in [5, 5.41) is 15.1. The zero-order chi connectivity index (χ0) is 21.3. The highest BCUT2D eigenvalue weighted by molar-refractivity contribution is 14.1. The molecule has 1 heterocycles. The summed E-state index contributed by atoms with van der Waals surface area (Å²) in [6.45, 7) is 2.81. The monoisotopic (exact) mass is 518 g/mol. The van der Waals surface area contributed by atoms with Gasteiger partial charge in [0, 0.05) is 12.3 Å². The van der Waals surface area contributed by atoms with Crippen molar-refractivity contribution < 1.29 is 14.4 Å². The lowest BCUT2D eigenvalue weighted by Gasteiger charge is -2.14. The highest BCUT2D eigenvalue weighted by Crippen LogP contribution is 2.34. The van der Waals surface area contributed by atoms with E-state index in [1.807, 2.05) is 49.4 Å². The quantitative estimate of drug-likeness (QED) is 0.185. The molecule has 0 aliphatic carbocycles. The Morgan fingerprint density at radius 2 is 2.00 bits per heavy atom. The number of anilines is 1. The molecular formula is C21H19IN4O4. The van der Waals surface area contributed by atoms with Crippen LogP contribution < -0.4 is 14.9 Å². The molecule has 0 aliphatic rings. The summed E-state index contributed by atoms with van der Waals surface area (Å²) in [5.41, 5.74) is 4.28. The van der Waals surface area contributed by atoms with Gasteiger partial charge in [0.2, 0.25) is 5.82 Å². The predicted molar refractivity (Wildman–Crippen MR) is 123 cm³/mol. The number of aromatic nitrogens is 1. The minimum absolute atomic E-state index is 0.0706. The number of halogens is 1. The summed E-state index contributed by atoms with van der Waals surface area (Å²) < 4.78 is 12.6. The Morgan fingerprint density at radius 3 is 2.73 bits per heavy atom. The maximum Gasteiger partial charge on any atom is 0.313 e. The van der Waals surface area contributed by atoms with Crippen molar-refractivity contribution in [3.05, 3.63) is 85.6 Å². The average molecular weight is 518 g/mol. The fourth-order valence-corrected chi connectivity index (χ4v) is 3.37. The molecule has 2 aromatic carbocycles. The van der Waals surface area contributed by atoms with Crippen molar-refractivity contribution in [2.45, 2.75) is 13.5 Å². The van der Waals surface area contributed by atoms with Crippen molar-refractivity contribution >= 4 is 40.3 Å². The summed E-state index contributed by atoms with van der Waals surface area (Å²) in [6.07, 6.45) is 3.00. The normalized spacial score (nSPS) is 10.7. The van der Waals surface area contributed by atoms with Crippen LogP contribution in [-0.4, -0.2) is 22.7 Å². The van der Waals surface area contributed by atoms with Gasteiger partial charge in [-0.1, -0.05) is 30.3 Å². The van der Waals surface area contributed by atoms with Crippen LogP contribution in [0.25, 0.3) is 0 Å². The van der Waals surface area contributed by atoms with E-state index < -0.39 is 4.92 Å². The number of nitrogens with one attached hydrogen (secondary N) is 1. The van der Waals surface area contributed by atoms with E-state index >= 15 is 0 Å². The van der Waals surface area contributed by atoms with Gasteiger partial charge in [-0.2, -0.15) is 5.10 Å². The number of hydrogen-bond acceptors (Lipinski definition) is 7. The van der Waals surface area contributed by atoms with Gasteiger partial charge < -0.3 is 9.47 Å². The molecule has 0 saturated heterocycles. The molecule has 8 nitrogen and oxygen atoms in total. The summed E-state index contributed by atoms with van der Waals surface area (Å²) in [6, 6.07) is 16.4. The number of hydrazone groups is 1. The van der Waals surface area contributed by atoms with E-state index in [0.29, 0.717) is 24.7 Å². The van der Waals surface area contributed by atoms with Gasteiger partial charge in [-0.15, -0.1) is 0 Å². The zero-order valence-corrected chi connectivity index (χ0v) is 18.3. The fraction of sp³-hybridized carbons (Fsp3) is 0.143. The molecular weight excluding hydrogens is 499 g/mol. The maximum atomic E-state index is 11.1. The molecule has 3 aromatic rings. The van der Waals surface area contributed by atoms with Gasteiger partial charge in [0.25, 0.3) is 0 Å². The third-order valence-corrected chi connectivity index (χ3v) is 4.73. The highest BCUT2D eigenvalue weighted by atomic mass is 127. The van der Waals surface area contributed by atoms with Gasteiger partial charge >= 0.3 is 5.69 Å². The van der Waals surface area contributed by atoms with Gasteiger partial charge in [-0.25, -0.2) is 4.98 Å². The molecule has 1 aromatic heterocycles. The Balaban J connectivity index is 1.77. The van der Waals surface area contributed by atoms with Gasteiger partial charge in [0.05, 0.1) is 21.3 Å². The number of nitrogens with zero attached hydrogens (tertiary/aromatic N) is 3. The first kappa shape index (κ1) is 21.5. The summed E-state index contributed by atoms with van der Waals surface area (Å²) >= 11 is 2.18. The zero-order valence-electron chi connectivity index (χ0n) is 16.1. The molecule has 0 saturated carbocycles. The van der Waals surface area contributed by atoms with E-state index in [1.54, 1.807) is 6.21 Å². The van der Waals surface area contributed by atoms with Crippen molar-refractivity contribution in [1.82, 2.24) is 4.98 Å². The average Bonchev–Trinajstić information content (AvgIpc) is 2.74. The van der Waals surface area contributed by atoms with Crippen molar-refractivity contribution in [3.8, 4) is 11.5 Å². The fourth-order valence-electron chi connectivity index (χ4n) is 2.59. The summed E-state index contributed by atoms with van der Waals surface area (Å²) in [7, 11) is 0. The van der Waals surface area contributed by atoms with Crippen molar-refractivity contribution in [1.29, 1.82) is 0 Å². The number of ether oxygens (including phenoxy) is 2. The van der Waals surface area contributed by atoms with E-state index in [0.717, 1.165) is 14.7 Å². The first-order chi connectivity index (χ1) is 14.6. The van der Waals surface area contributed by atoms with Crippen LogP contribution in [0.3, 0.4) is 0 Å². The third kappa shape index (κ3) is 5.66. The second-order valence-corrected chi connectivity index (χ2v) is 7.20. The third-order valence-electron chi connectivity index (χ3n) is 3.92. The minimum atomic E-state index is -0.514. The van der Waals surface area contributed by atoms with Crippen LogP contribution in [0.15, 0.2) is 65.9 Å². The largest absolute Gasteiger partial charge is 0.490 e. The van der Waals surface area contributed by atoms with Gasteiger partial charge in [0.15, 0.2) is 11.5 Å². The number of hydrogen-bond donors (Lipinski definition) is 1. The molecule has 0 unspecified atom stereocenters. The van der Waals surface area contributed by atoms with E-state index in [2.05, 4.69) is 38.1 Å². The van der Waals surface area contributed by atoms with Crippen LogP contribution in [0.5, 0.6) is 11.5 Å². The van der Waals surface area contributed by atoms with E-state index in [4.69, 9.17) is 9.47 Å². The SMILES string of the molecule is CCOc1cc(/C=N\Nc2ncccc2[N+](=O)[O-])cc(I)c1OCc1ccccc1. The van der Waals surface area contributed by atoms with Crippen LogP contribution in [0.4, 0.5) is 11.5 Å². The van der Waals surface area contributed by atoms with E-state index in [-0.39, 0.29) is 11.5 Å². The first-order valence-corrected chi connectivity index (χ1v) is 10.2. The summed E-state index contributed by atoms with van der Waals surface area (Å²) in [5.74, 6) is 1.33. The molecule has 9 heteroatoms. The van der Waals surface area contributed by atoms with Crippen LogP contribution in [0.2, 0.25) is 0 Å². The lowest BCUT2D eigenvalue weighted by molar-refractivity contribution is -0.384. The molecule has 0 atom stereocenters. The number of nitro groups is 1. The molecule has 1 N–H and O–H groups in total. The summed E-state index contributed by atoms with van der Waals surface area (Å²) in [4.78, 5) is 14.5. The van der Waals surface area contributed by atoms with Gasteiger partial charge in [-0.3, -0.25) is 15.5 Å². The Morgan fingerprint density at radius 1 is 1.20 bits per heavy atom. The Kier molecular flexibility index (Phi) is 7.55. The molecule has 0 amide bonds. The number of benzene rings is 2.